The predicted molar refractivity (Wildman–Crippen MR) is 90.3 cm³/mol. The van der Waals surface area contributed by atoms with Crippen molar-refractivity contribution in [3.8, 4) is 0 Å². The van der Waals surface area contributed by atoms with Crippen LogP contribution in [0, 0.1) is 5.92 Å². The van der Waals surface area contributed by atoms with Crippen LogP contribution >= 0.6 is 24.0 Å². The van der Waals surface area contributed by atoms with E-state index in [4.69, 9.17) is 4.74 Å². The molecule has 2 N–H and O–H groups in total. The van der Waals surface area contributed by atoms with Crippen LogP contribution in [0.3, 0.4) is 0 Å². The number of rotatable bonds is 6. The summed E-state index contributed by atoms with van der Waals surface area (Å²) in [6, 6.07) is 0. The monoisotopic (exact) mass is 381 g/mol. The van der Waals surface area contributed by atoms with Gasteiger partial charge in [-0.2, -0.15) is 0 Å². The van der Waals surface area contributed by atoms with Crippen LogP contribution in [0.25, 0.3) is 0 Å². The zero-order chi connectivity index (χ0) is 12.8. The van der Waals surface area contributed by atoms with Crippen LogP contribution in [0.15, 0.2) is 4.99 Å². The highest BCUT2D eigenvalue weighted by molar-refractivity contribution is 14.0. The third-order valence-corrected chi connectivity index (χ3v) is 3.76. The quantitative estimate of drug-likeness (QED) is 0.422. The van der Waals surface area contributed by atoms with E-state index in [2.05, 4.69) is 29.5 Å². The van der Waals surface area contributed by atoms with Crippen LogP contribution in [0.1, 0.15) is 46.0 Å². The summed E-state index contributed by atoms with van der Waals surface area (Å²) in [6.07, 6.45) is 6.40. The smallest absolute Gasteiger partial charge is 0.191 e. The lowest BCUT2D eigenvalue weighted by Gasteiger charge is -2.21. The van der Waals surface area contributed by atoms with E-state index in [0.717, 1.165) is 51.0 Å². The van der Waals surface area contributed by atoms with Gasteiger partial charge >= 0.3 is 0 Å². The summed E-state index contributed by atoms with van der Waals surface area (Å²) < 4.78 is 5.76. The Kier molecular flexibility index (Phi) is 7.42. The van der Waals surface area contributed by atoms with E-state index in [1.807, 2.05) is 0 Å². The van der Waals surface area contributed by atoms with Gasteiger partial charge in [-0.3, -0.25) is 4.99 Å². The molecule has 2 aliphatic rings. The Morgan fingerprint density at radius 3 is 2.74 bits per heavy atom. The van der Waals surface area contributed by atoms with Gasteiger partial charge in [0, 0.05) is 19.7 Å². The first-order chi connectivity index (χ1) is 8.72. The van der Waals surface area contributed by atoms with E-state index in [1.54, 1.807) is 0 Å². The van der Waals surface area contributed by atoms with E-state index in [0.29, 0.717) is 0 Å². The molecule has 2 fully saturated rings. The van der Waals surface area contributed by atoms with Crippen molar-refractivity contribution in [1.29, 1.82) is 0 Å². The summed E-state index contributed by atoms with van der Waals surface area (Å²) in [5, 5.41) is 6.72. The van der Waals surface area contributed by atoms with Gasteiger partial charge in [-0.15, -0.1) is 24.0 Å². The number of guanidine groups is 1. The first-order valence-corrected chi connectivity index (χ1v) is 7.38. The first kappa shape index (κ1) is 17.0. The molecule has 0 amide bonds. The summed E-state index contributed by atoms with van der Waals surface area (Å²) in [5.74, 6) is 1.91. The van der Waals surface area contributed by atoms with Crippen LogP contribution in [-0.2, 0) is 4.74 Å². The molecule has 1 aliphatic heterocycles. The molecule has 1 heterocycles. The fourth-order valence-corrected chi connectivity index (χ4v) is 2.35. The average Bonchev–Trinajstić information content (AvgIpc) is 3.08. The van der Waals surface area contributed by atoms with Gasteiger partial charge in [0.2, 0.25) is 0 Å². The van der Waals surface area contributed by atoms with Crippen LogP contribution in [0.5, 0.6) is 0 Å². The molecule has 2 rings (SSSR count). The van der Waals surface area contributed by atoms with Crippen LogP contribution in [0.4, 0.5) is 0 Å². The number of halogens is 1. The second kappa shape index (κ2) is 8.29. The minimum Gasteiger partial charge on any atom is -0.373 e. The maximum absolute atomic E-state index is 5.76. The van der Waals surface area contributed by atoms with E-state index >= 15 is 0 Å². The topological polar surface area (TPSA) is 45.7 Å². The molecule has 1 atom stereocenters. The third kappa shape index (κ3) is 6.29. The second-order valence-corrected chi connectivity index (χ2v) is 5.76. The Morgan fingerprint density at radius 2 is 2.16 bits per heavy atom. The lowest BCUT2D eigenvalue weighted by molar-refractivity contribution is 0.0283. The van der Waals surface area contributed by atoms with Crippen LogP contribution in [-0.4, -0.2) is 37.8 Å². The molecule has 0 bridgehead atoms. The molecule has 0 aromatic carbocycles. The van der Waals surface area contributed by atoms with Gasteiger partial charge in [0.05, 0.1) is 12.1 Å². The van der Waals surface area contributed by atoms with Crippen molar-refractivity contribution in [2.75, 3.05) is 26.2 Å². The van der Waals surface area contributed by atoms with Crippen molar-refractivity contribution >= 4 is 29.9 Å². The molecule has 4 nitrogen and oxygen atoms in total. The fourth-order valence-electron chi connectivity index (χ4n) is 2.35. The Bertz CT molecular complexity index is 286. The van der Waals surface area contributed by atoms with Gasteiger partial charge in [0.15, 0.2) is 5.96 Å². The molecule has 1 unspecified atom stereocenters. The maximum atomic E-state index is 5.76. The highest BCUT2D eigenvalue weighted by Crippen LogP contribution is 2.31. The number of aliphatic imine (C=N–C) groups is 1. The summed E-state index contributed by atoms with van der Waals surface area (Å²) in [5.41, 5.74) is -0.0428. The molecule has 5 heteroatoms. The number of nitrogens with one attached hydrogen (secondary N) is 2. The van der Waals surface area contributed by atoms with Crippen LogP contribution in [0.2, 0.25) is 0 Å². The summed E-state index contributed by atoms with van der Waals surface area (Å²) in [7, 11) is 0. The lowest BCUT2D eigenvalue weighted by atomic mass is 10.0. The Labute approximate surface area is 134 Å². The molecule has 1 saturated carbocycles. The van der Waals surface area contributed by atoms with E-state index in [9.17, 15) is 0 Å². The molecule has 0 aromatic rings. The minimum atomic E-state index is -0.0428. The largest absolute Gasteiger partial charge is 0.373 e. The maximum Gasteiger partial charge on any atom is 0.191 e. The molecule has 1 saturated heterocycles. The first-order valence-electron chi connectivity index (χ1n) is 7.38. The molecule has 19 heavy (non-hydrogen) atoms. The van der Waals surface area contributed by atoms with Crippen molar-refractivity contribution in [3.05, 3.63) is 0 Å². The highest BCUT2D eigenvalue weighted by atomic mass is 127. The van der Waals surface area contributed by atoms with Gasteiger partial charge in [-0.1, -0.05) is 12.8 Å². The van der Waals surface area contributed by atoms with Crippen molar-refractivity contribution in [2.24, 2.45) is 10.9 Å². The zero-order valence-electron chi connectivity index (χ0n) is 12.2. The normalized spacial score (nSPS) is 26.9. The average molecular weight is 381 g/mol. The number of hydrogen-bond acceptors (Lipinski definition) is 2. The molecular formula is C14H28IN3O. The van der Waals surface area contributed by atoms with E-state index in [1.165, 1.54) is 19.3 Å². The van der Waals surface area contributed by atoms with Crippen molar-refractivity contribution in [3.63, 3.8) is 0 Å². The number of hydrogen-bond donors (Lipinski definition) is 2. The second-order valence-electron chi connectivity index (χ2n) is 5.76. The molecule has 1 aliphatic carbocycles. The van der Waals surface area contributed by atoms with Crippen molar-refractivity contribution in [2.45, 2.75) is 51.6 Å². The number of nitrogens with zero attached hydrogens (tertiary/aromatic N) is 1. The molecule has 112 valence electrons. The number of ether oxygens (including phenoxy) is 1. The van der Waals surface area contributed by atoms with Crippen molar-refractivity contribution in [1.82, 2.24) is 10.6 Å². The Balaban J connectivity index is 0.00000180. The molecule has 0 radical (unpaired) electrons. The molecular weight excluding hydrogens is 353 g/mol. The zero-order valence-corrected chi connectivity index (χ0v) is 14.5. The molecule has 0 aromatic heterocycles. The van der Waals surface area contributed by atoms with Crippen molar-refractivity contribution < 1.29 is 4.74 Å². The van der Waals surface area contributed by atoms with Gasteiger partial charge in [0.25, 0.3) is 0 Å². The van der Waals surface area contributed by atoms with Gasteiger partial charge in [0.1, 0.15) is 0 Å². The third-order valence-electron chi connectivity index (χ3n) is 3.76. The Hall–Kier alpha value is -0.0400. The minimum absolute atomic E-state index is 0. The summed E-state index contributed by atoms with van der Waals surface area (Å²) in [6.45, 7) is 7.85. The lowest BCUT2D eigenvalue weighted by Crippen LogP contribution is -2.39. The van der Waals surface area contributed by atoms with Gasteiger partial charge in [-0.25, -0.2) is 0 Å². The van der Waals surface area contributed by atoms with Gasteiger partial charge < -0.3 is 15.4 Å². The predicted octanol–water partition coefficient (Wildman–Crippen LogP) is 2.53. The SMILES string of the molecule is CCNC(=NCC1(C)CCCO1)NCCC1CC1.I. The summed E-state index contributed by atoms with van der Waals surface area (Å²) >= 11 is 0. The van der Waals surface area contributed by atoms with E-state index < -0.39 is 0 Å². The van der Waals surface area contributed by atoms with Gasteiger partial charge in [-0.05, 0) is 39.0 Å². The fraction of sp³-hybridized carbons (Fsp3) is 0.929. The highest BCUT2D eigenvalue weighted by Gasteiger charge is 2.29. The Morgan fingerprint density at radius 1 is 1.37 bits per heavy atom. The standard InChI is InChI=1S/C14H27N3O.HI/c1-3-15-13(16-9-7-12-5-6-12)17-11-14(2)8-4-10-18-14;/h12H,3-11H2,1-2H3,(H2,15,16,17);1H. The van der Waals surface area contributed by atoms with Crippen LogP contribution < -0.4 is 10.6 Å². The molecule has 0 spiro atoms. The van der Waals surface area contributed by atoms with E-state index in [-0.39, 0.29) is 29.6 Å². The summed E-state index contributed by atoms with van der Waals surface area (Å²) in [4.78, 5) is 4.65.